The molecule has 2 aliphatic heterocycles. The number of ether oxygens (including phenoxy) is 2. The molecule has 0 spiro atoms. The van der Waals surface area contributed by atoms with Gasteiger partial charge >= 0.3 is 12.4 Å². The summed E-state index contributed by atoms with van der Waals surface area (Å²) >= 11 is 0. The van der Waals surface area contributed by atoms with Gasteiger partial charge in [0, 0.05) is 38.4 Å². The summed E-state index contributed by atoms with van der Waals surface area (Å²) in [5.41, 5.74) is -3.72. The highest BCUT2D eigenvalue weighted by molar-refractivity contribution is 5.76. The summed E-state index contributed by atoms with van der Waals surface area (Å²) in [6.45, 7) is 3.12. The third kappa shape index (κ3) is 6.98. The van der Waals surface area contributed by atoms with Crippen molar-refractivity contribution in [1.29, 1.82) is 0 Å². The van der Waals surface area contributed by atoms with E-state index in [-0.39, 0.29) is 43.9 Å². The zero-order valence-electron chi connectivity index (χ0n) is 20.7. The van der Waals surface area contributed by atoms with Crippen molar-refractivity contribution in [3.8, 4) is 5.75 Å². The van der Waals surface area contributed by atoms with Gasteiger partial charge in [0.25, 0.3) is 5.56 Å². The lowest BCUT2D eigenvalue weighted by Gasteiger charge is -2.39. The fraction of sp³-hybridized carbons (Fsp3) is 0.565. The van der Waals surface area contributed by atoms with Gasteiger partial charge in [0.05, 0.1) is 48.8 Å². The number of amides is 1. The molecule has 4 rings (SSSR count). The van der Waals surface area contributed by atoms with Crippen LogP contribution >= 0.6 is 0 Å². The summed E-state index contributed by atoms with van der Waals surface area (Å²) in [6.07, 6.45) is -7.73. The topological polar surface area (TPSA) is 113 Å². The third-order valence-electron chi connectivity index (χ3n) is 6.37. The van der Waals surface area contributed by atoms with Crippen LogP contribution in [0.4, 0.5) is 32.0 Å². The number of carbonyl (C=O) groups excluding carboxylic acids is 1. The Morgan fingerprint density at radius 2 is 2.00 bits per heavy atom. The van der Waals surface area contributed by atoms with Gasteiger partial charge in [-0.3, -0.25) is 19.5 Å². The number of fused-ring (bicyclic) bond motifs is 2. The van der Waals surface area contributed by atoms with Gasteiger partial charge in [0.1, 0.15) is 17.9 Å². The number of alkyl halides is 6. The minimum Gasteiger partial charge on any atom is -0.490 e. The van der Waals surface area contributed by atoms with Gasteiger partial charge in [-0.25, -0.2) is 5.10 Å². The molecule has 1 saturated heterocycles. The van der Waals surface area contributed by atoms with Crippen molar-refractivity contribution in [2.45, 2.75) is 44.3 Å². The van der Waals surface area contributed by atoms with Crippen LogP contribution < -0.4 is 15.6 Å². The molecule has 4 heterocycles. The molecule has 214 valence electrons. The lowest BCUT2D eigenvalue weighted by atomic mass is 10.1. The zero-order valence-corrected chi connectivity index (χ0v) is 20.7. The molecule has 2 aromatic rings. The van der Waals surface area contributed by atoms with Gasteiger partial charge in [-0.1, -0.05) is 0 Å². The van der Waals surface area contributed by atoms with Crippen LogP contribution in [0.3, 0.4) is 0 Å². The van der Waals surface area contributed by atoms with E-state index in [1.54, 1.807) is 16.9 Å². The highest BCUT2D eigenvalue weighted by Gasteiger charge is 2.38. The van der Waals surface area contributed by atoms with Crippen LogP contribution in [0.2, 0.25) is 0 Å². The molecule has 1 amide bonds. The molecule has 39 heavy (non-hydrogen) atoms. The first-order chi connectivity index (χ1) is 18.3. The van der Waals surface area contributed by atoms with E-state index in [4.69, 9.17) is 9.47 Å². The number of rotatable bonds is 7. The Hall–Kier alpha value is -3.40. The van der Waals surface area contributed by atoms with Crippen LogP contribution in [-0.2, 0) is 28.4 Å². The summed E-state index contributed by atoms with van der Waals surface area (Å²) in [4.78, 5) is 31.9. The standard InChI is InChI=1S/C23H26F6N6O4/c1-13(32-16-8-31-33-21(37)20(16)23(27,28)29)11-38-5-2-19(36)35-4-3-34-10-17-18(39-12-15(34)9-35)6-14(7-30-17)22(24,25)26/h6-8,13,15H,2-5,9-12H2,1H3,(H2,32,33,37)/t13?,15-/m1/s1. The normalized spacial score (nSPS) is 18.9. The number of H-pyrrole nitrogens is 1. The maximum Gasteiger partial charge on any atom is 0.423 e. The van der Waals surface area contributed by atoms with Gasteiger partial charge in [0.2, 0.25) is 5.91 Å². The average molecular weight is 564 g/mol. The smallest absolute Gasteiger partial charge is 0.423 e. The molecule has 0 bridgehead atoms. The van der Waals surface area contributed by atoms with Gasteiger partial charge < -0.3 is 19.7 Å². The maximum absolute atomic E-state index is 13.2. The third-order valence-corrected chi connectivity index (χ3v) is 6.37. The van der Waals surface area contributed by atoms with Crippen LogP contribution in [0, 0.1) is 0 Å². The monoisotopic (exact) mass is 564 g/mol. The zero-order chi connectivity index (χ0) is 28.4. The first-order valence-electron chi connectivity index (χ1n) is 12.0. The quantitative estimate of drug-likeness (QED) is 0.390. The van der Waals surface area contributed by atoms with Crippen molar-refractivity contribution < 1.29 is 40.6 Å². The minimum absolute atomic E-state index is 0.0154. The number of aromatic nitrogens is 3. The second-order valence-corrected chi connectivity index (χ2v) is 9.30. The first kappa shape index (κ1) is 28.6. The molecular weight excluding hydrogens is 538 g/mol. The van der Waals surface area contributed by atoms with E-state index in [0.717, 1.165) is 18.5 Å². The van der Waals surface area contributed by atoms with Gasteiger partial charge in [-0.15, -0.1) is 0 Å². The lowest BCUT2D eigenvalue weighted by molar-refractivity contribution is -0.138. The van der Waals surface area contributed by atoms with Crippen molar-refractivity contribution in [2.75, 3.05) is 44.8 Å². The fourth-order valence-electron chi connectivity index (χ4n) is 4.41. The van der Waals surface area contributed by atoms with Gasteiger partial charge in [-0.2, -0.15) is 31.4 Å². The van der Waals surface area contributed by atoms with Crippen molar-refractivity contribution in [2.24, 2.45) is 0 Å². The van der Waals surface area contributed by atoms with E-state index in [1.165, 1.54) is 0 Å². The Morgan fingerprint density at radius 3 is 2.72 bits per heavy atom. The van der Waals surface area contributed by atoms with Crippen molar-refractivity contribution in [1.82, 2.24) is 25.0 Å². The Kier molecular flexibility index (Phi) is 8.34. The highest BCUT2D eigenvalue weighted by Crippen LogP contribution is 2.34. The number of anilines is 1. The van der Waals surface area contributed by atoms with Crippen LogP contribution in [0.15, 0.2) is 23.3 Å². The van der Waals surface area contributed by atoms with E-state index >= 15 is 0 Å². The second kappa shape index (κ2) is 11.4. The predicted molar refractivity (Wildman–Crippen MR) is 124 cm³/mol. The van der Waals surface area contributed by atoms with Crippen LogP contribution in [0.1, 0.15) is 30.2 Å². The number of aromatic amines is 1. The average Bonchev–Trinajstić information content (AvgIpc) is 3.03. The summed E-state index contributed by atoms with van der Waals surface area (Å²) in [7, 11) is 0. The Labute approximate surface area is 218 Å². The maximum atomic E-state index is 13.2. The summed E-state index contributed by atoms with van der Waals surface area (Å²) in [5.74, 6) is -0.126. The molecule has 0 saturated carbocycles. The molecule has 16 heteroatoms. The lowest BCUT2D eigenvalue weighted by Crippen LogP contribution is -2.55. The molecule has 0 radical (unpaired) electrons. The Morgan fingerprint density at radius 1 is 1.23 bits per heavy atom. The minimum atomic E-state index is -4.87. The largest absolute Gasteiger partial charge is 0.490 e. The SMILES string of the molecule is CC(COCCC(=O)N1CCN2Cc3ncc(C(F)(F)F)cc3OC[C@H]2C1)Nc1cn[nH]c(=O)c1C(F)(F)F. The molecule has 2 atom stereocenters. The number of hydrogen-bond acceptors (Lipinski definition) is 8. The summed E-state index contributed by atoms with van der Waals surface area (Å²) in [6, 6.07) is 0.0825. The number of hydrogen-bond donors (Lipinski definition) is 2. The molecule has 0 aromatic carbocycles. The van der Waals surface area contributed by atoms with Crippen LogP contribution in [0.25, 0.3) is 0 Å². The molecule has 0 aliphatic carbocycles. The van der Waals surface area contributed by atoms with E-state index in [0.29, 0.717) is 31.9 Å². The molecule has 10 nitrogen and oxygen atoms in total. The predicted octanol–water partition coefficient (Wildman–Crippen LogP) is 2.51. The van der Waals surface area contributed by atoms with Crippen molar-refractivity contribution in [3.05, 3.63) is 45.6 Å². The van der Waals surface area contributed by atoms with E-state index in [2.05, 4.69) is 15.4 Å². The second-order valence-electron chi connectivity index (χ2n) is 9.30. The molecule has 2 aromatic heterocycles. The van der Waals surface area contributed by atoms with Gasteiger partial charge in [-0.05, 0) is 13.0 Å². The highest BCUT2D eigenvalue weighted by atomic mass is 19.4. The number of nitrogens with zero attached hydrogens (tertiary/aromatic N) is 4. The fourth-order valence-corrected chi connectivity index (χ4v) is 4.41. The van der Waals surface area contributed by atoms with Crippen LogP contribution in [-0.4, -0.2) is 82.4 Å². The van der Waals surface area contributed by atoms with Crippen molar-refractivity contribution >= 4 is 11.6 Å². The van der Waals surface area contributed by atoms with Crippen LogP contribution in [0.5, 0.6) is 5.75 Å². The molecule has 2 N–H and O–H groups in total. The number of halogens is 6. The first-order valence-corrected chi connectivity index (χ1v) is 12.0. The van der Waals surface area contributed by atoms with E-state index in [1.807, 2.05) is 4.90 Å². The van der Waals surface area contributed by atoms with E-state index in [9.17, 15) is 35.9 Å². The number of carbonyl (C=O) groups is 1. The Balaban J connectivity index is 1.24. The molecular formula is C23H26F6N6O4. The molecule has 1 unspecified atom stereocenters. The van der Waals surface area contributed by atoms with Gasteiger partial charge in [0.15, 0.2) is 0 Å². The summed E-state index contributed by atoms with van der Waals surface area (Å²) < 4.78 is 89.6. The number of nitrogens with one attached hydrogen (secondary N) is 2. The summed E-state index contributed by atoms with van der Waals surface area (Å²) in [5, 5.41) is 7.70. The van der Waals surface area contributed by atoms with Crippen molar-refractivity contribution in [3.63, 3.8) is 0 Å². The van der Waals surface area contributed by atoms with E-state index < -0.39 is 40.8 Å². The number of pyridine rings is 1. The molecule has 1 fully saturated rings. The molecule has 2 aliphatic rings. The Bertz CT molecular complexity index is 1240. The number of piperazine rings is 1.